The Morgan fingerprint density at radius 1 is 1.39 bits per heavy atom. The van der Waals surface area contributed by atoms with E-state index in [1.807, 2.05) is 17.4 Å². The van der Waals surface area contributed by atoms with Crippen molar-refractivity contribution in [3.05, 3.63) is 18.7 Å². The maximum absolute atomic E-state index is 12.3. The van der Waals surface area contributed by atoms with Crippen molar-refractivity contribution in [3.63, 3.8) is 0 Å². The molecule has 5 heteroatoms. The van der Waals surface area contributed by atoms with Crippen LogP contribution in [-0.2, 0) is 9.53 Å². The number of aromatic nitrogens is 2. The molecule has 0 N–H and O–H groups in total. The summed E-state index contributed by atoms with van der Waals surface area (Å²) in [4.78, 5) is 18.4. The fourth-order valence-corrected chi connectivity index (χ4v) is 2.87. The molecular formula is C13H19N3O2. The Morgan fingerprint density at radius 2 is 2.33 bits per heavy atom. The van der Waals surface area contributed by atoms with Crippen LogP contribution >= 0.6 is 0 Å². The molecule has 0 aliphatic carbocycles. The van der Waals surface area contributed by atoms with Crippen molar-refractivity contribution in [2.75, 3.05) is 26.3 Å². The maximum Gasteiger partial charge on any atom is 0.228 e. The smallest absolute Gasteiger partial charge is 0.228 e. The van der Waals surface area contributed by atoms with E-state index in [0.29, 0.717) is 12.6 Å². The van der Waals surface area contributed by atoms with Gasteiger partial charge in [-0.1, -0.05) is 0 Å². The summed E-state index contributed by atoms with van der Waals surface area (Å²) in [5.41, 5.74) is 0. The van der Waals surface area contributed by atoms with Crippen molar-refractivity contribution in [3.8, 4) is 0 Å². The van der Waals surface area contributed by atoms with Crippen molar-refractivity contribution >= 4 is 5.91 Å². The summed E-state index contributed by atoms with van der Waals surface area (Å²) < 4.78 is 7.42. The number of rotatable bonds is 2. The molecule has 0 bridgehead atoms. The van der Waals surface area contributed by atoms with Crippen LogP contribution in [0.1, 0.15) is 25.3 Å². The molecule has 0 spiro atoms. The second kappa shape index (κ2) is 5.10. The van der Waals surface area contributed by atoms with Crippen molar-refractivity contribution in [2.24, 2.45) is 5.92 Å². The van der Waals surface area contributed by atoms with Crippen molar-refractivity contribution in [2.45, 2.75) is 25.3 Å². The number of carbonyl (C=O) groups excluding carboxylic acids is 1. The van der Waals surface area contributed by atoms with E-state index in [1.165, 1.54) is 0 Å². The number of ether oxygens (including phenoxy) is 1. The molecule has 2 aliphatic rings. The van der Waals surface area contributed by atoms with Gasteiger partial charge in [-0.15, -0.1) is 0 Å². The molecule has 0 aromatic carbocycles. The zero-order valence-electron chi connectivity index (χ0n) is 10.5. The molecule has 2 aliphatic heterocycles. The highest BCUT2D eigenvalue weighted by molar-refractivity contribution is 5.79. The summed E-state index contributed by atoms with van der Waals surface area (Å²) in [6.07, 6.45) is 8.70. The van der Waals surface area contributed by atoms with Crippen LogP contribution in [0, 0.1) is 5.92 Å². The normalized spacial score (nSPS) is 28.6. The van der Waals surface area contributed by atoms with Gasteiger partial charge in [-0.3, -0.25) is 4.79 Å². The van der Waals surface area contributed by atoms with Crippen molar-refractivity contribution in [1.82, 2.24) is 14.5 Å². The first-order valence-electron chi connectivity index (χ1n) is 6.68. The van der Waals surface area contributed by atoms with E-state index in [0.717, 1.165) is 39.0 Å². The van der Waals surface area contributed by atoms with E-state index in [1.54, 1.807) is 6.20 Å². The molecule has 2 atom stereocenters. The molecule has 3 heterocycles. The SMILES string of the molecule is O=C(C1CCOC1)N1CCCC(n2ccnc2)C1. The molecule has 0 saturated carbocycles. The van der Waals surface area contributed by atoms with Crippen LogP contribution in [0.15, 0.2) is 18.7 Å². The number of amides is 1. The van der Waals surface area contributed by atoms with E-state index >= 15 is 0 Å². The molecule has 2 fully saturated rings. The summed E-state index contributed by atoms with van der Waals surface area (Å²) in [5, 5.41) is 0. The standard InChI is InChI=1S/C13H19N3O2/c17-13(11-3-7-18-9-11)15-5-1-2-12(8-15)16-6-4-14-10-16/h4,6,10-12H,1-3,5,7-9H2. The third kappa shape index (κ3) is 2.27. The quantitative estimate of drug-likeness (QED) is 0.788. The molecule has 3 rings (SSSR count). The number of carbonyl (C=O) groups is 1. The second-order valence-corrected chi connectivity index (χ2v) is 5.15. The Bertz CT molecular complexity index is 398. The largest absolute Gasteiger partial charge is 0.381 e. The first-order chi connectivity index (χ1) is 8.84. The molecule has 98 valence electrons. The molecule has 2 unspecified atom stereocenters. The molecule has 5 nitrogen and oxygen atoms in total. The van der Waals surface area contributed by atoms with Crippen molar-refractivity contribution in [1.29, 1.82) is 0 Å². The van der Waals surface area contributed by atoms with Gasteiger partial charge in [-0.05, 0) is 19.3 Å². The number of imidazole rings is 1. The van der Waals surface area contributed by atoms with Crippen LogP contribution in [0.2, 0.25) is 0 Å². The van der Waals surface area contributed by atoms with Gasteiger partial charge in [0.05, 0.1) is 24.9 Å². The summed E-state index contributed by atoms with van der Waals surface area (Å²) in [5.74, 6) is 0.365. The van der Waals surface area contributed by atoms with Gasteiger partial charge in [0.2, 0.25) is 5.91 Å². The molecule has 2 saturated heterocycles. The van der Waals surface area contributed by atoms with Gasteiger partial charge in [0, 0.05) is 32.1 Å². The van der Waals surface area contributed by atoms with Crippen LogP contribution in [0.25, 0.3) is 0 Å². The summed E-state index contributed by atoms with van der Waals surface area (Å²) in [7, 11) is 0. The number of hydrogen-bond donors (Lipinski definition) is 0. The average molecular weight is 249 g/mol. The minimum atomic E-state index is 0.0894. The number of nitrogens with zero attached hydrogens (tertiary/aromatic N) is 3. The first kappa shape index (κ1) is 11.7. The zero-order chi connectivity index (χ0) is 12.4. The lowest BCUT2D eigenvalue weighted by Gasteiger charge is -2.34. The summed E-state index contributed by atoms with van der Waals surface area (Å²) >= 11 is 0. The van der Waals surface area contributed by atoms with E-state index in [2.05, 4.69) is 9.55 Å². The van der Waals surface area contributed by atoms with Gasteiger partial charge in [0.15, 0.2) is 0 Å². The highest BCUT2D eigenvalue weighted by Gasteiger charge is 2.31. The third-order valence-corrected chi connectivity index (χ3v) is 3.93. The second-order valence-electron chi connectivity index (χ2n) is 5.15. The van der Waals surface area contributed by atoms with Gasteiger partial charge in [0.25, 0.3) is 0 Å². The van der Waals surface area contributed by atoms with Crippen LogP contribution in [-0.4, -0.2) is 46.7 Å². The fraction of sp³-hybridized carbons (Fsp3) is 0.692. The van der Waals surface area contributed by atoms with E-state index in [-0.39, 0.29) is 11.8 Å². The molecule has 1 aromatic heterocycles. The van der Waals surface area contributed by atoms with Crippen LogP contribution in [0.3, 0.4) is 0 Å². The number of piperidine rings is 1. The van der Waals surface area contributed by atoms with Gasteiger partial charge < -0.3 is 14.2 Å². The van der Waals surface area contributed by atoms with Gasteiger partial charge >= 0.3 is 0 Å². The first-order valence-corrected chi connectivity index (χ1v) is 6.68. The Hall–Kier alpha value is -1.36. The average Bonchev–Trinajstić information content (AvgIpc) is 3.11. The van der Waals surface area contributed by atoms with E-state index in [9.17, 15) is 4.79 Å². The van der Waals surface area contributed by atoms with Gasteiger partial charge in [0.1, 0.15) is 0 Å². The Labute approximate surface area is 107 Å². The van der Waals surface area contributed by atoms with Crippen LogP contribution < -0.4 is 0 Å². The minimum Gasteiger partial charge on any atom is -0.381 e. The zero-order valence-corrected chi connectivity index (χ0v) is 10.5. The predicted octanol–water partition coefficient (Wildman–Crippen LogP) is 1.08. The maximum atomic E-state index is 12.3. The fourth-order valence-electron chi connectivity index (χ4n) is 2.87. The Balaban J connectivity index is 1.64. The van der Waals surface area contributed by atoms with E-state index < -0.39 is 0 Å². The van der Waals surface area contributed by atoms with Gasteiger partial charge in [-0.25, -0.2) is 4.98 Å². The highest BCUT2D eigenvalue weighted by Crippen LogP contribution is 2.24. The number of likely N-dealkylation sites (tertiary alicyclic amines) is 1. The van der Waals surface area contributed by atoms with Crippen LogP contribution in [0.4, 0.5) is 0 Å². The third-order valence-electron chi connectivity index (χ3n) is 3.93. The number of hydrogen-bond acceptors (Lipinski definition) is 3. The molecular weight excluding hydrogens is 230 g/mol. The molecule has 0 radical (unpaired) electrons. The summed E-state index contributed by atoms with van der Waals surface area (Å²) in [6, 6.07) is 0.382. The van der Waals surface area contributed by atoms with Gasteiger partial charge in [-0.2, -0.15) is 0 Å². The topological polar surface area (TPSA) is 47.4 Å². The highest BCUT2D eigenvalue weighted by atomic mass is 16.5. The van der Waals surface area contributed by atoms with Crippen LogP contribution in [0.5, 0.6) is 0 Å². The lowest BCUT2D eigenvalue weighted by Crippen LogP contribution is -2.43. The van der Waals surface area contributed by atoms with E-state index in [4.69, 9.17) is 4.74 Å². The lowest BCUT2D eigenvalue weighted by atomic mass is 10.0. The molecule has 1 aromatic rings. The summed E-state index contributed by atoms with van der Waals surface area (Å²) in [6.45, 7) is 3.03. The van der Waals surface area contributed by atoms with Crippen molar-refractivity contribution < 1.29 is 9.53 Å². The monoisotopic (exact) mass is 249 g/mol. The predicted molar refractivity (Wildman–Crippen MR) is 66.0 cm³/mol. The Kier molecular flexibility index (Phi) is 3.32. The molecule has 18 heavy (non-hydrogen) atoms. The lowest BCUT2D eigenvalue weighted by molar-refractivity contribution is -0.137. The molecule has 1 amide bonds. The minimum absolute atomic E-state index is 0.0894. The Morgan fingerprint density at radius 3 is 3.06 bits per heavy atom.